The highest BCUT2D eigenvalue weighted by Gasteiger charge is 2.07. The molecule has 0 heterocycles. The highest BCUT2D eigenvalue weighted by atomic mass is 16.5. The molecule has 0 saturated carbocycles. The van der Waals surface area contributed by atoms with Crippen molar-refractivity contribution < 1.29 is 23.7 Å². The molecule has 0 fully saturated rings. The fourth-order valence-electron chi connectivity index (χ4n) is 2.62. The maximum absolute atomic E-state index is 12.4. The van der Waals surface area contributed by atoms with Crippen molar-refractivity contribution in [3.05, 3.63) is 84.4 Å². The van der Waals surface area contributed by atoms with Gasteiger partial charge in [0.1, 0.15) is 37.1 Å². The van der Waals surface area contributed by atoms with Gasteiger partial charge in [-0.25, -0.2) is 0 Å². The minimum absolute atomic E-state index is 0.191. The minimum Gasteiger partial charge on any atom is -0.491 e. The fraction of sp³-hybridized carbons (Fsp3) is 0.208. The van der Waals surface area contributed by atoms with Crippen LogP contribution in [0.25, 0.3) is 0 Å². The number of anilines is 1. The number of methoxy groups -OCH3 is 1. The van der Waals surface area contributed by atoms with Crippen LogP contribution < -0.4 is 19.5 Å². The zero-order valence-corrected chi connectivity index (χ0v) is 16.9. The van der Waals surface area contributed by atoms with Crippen LogP contribution >= 0.6 is 0 Å². The molecule has 0 aliphatic rings. The predicted molar refractivity (Wildman–Crippen MR) is 116 cm³/mol. The third kappa shape index (κ3) is 6.83. The summed E-state index contributed by atoms with van der Waals surface area (Å²) in [6.07, 6.45) is 0. The Morgan fingerprint density at radius 1 is 0.667 bits per heavy atom. The molecule has 0 aliphatic carbocycles. The number of para-hydroxylation sites is 1. The van der Waals surface area contributed by atoms with E-state index >= 15 is 0 Å². The number of nitrogens with one attached hydrogen (secondary N) is 1. The summed E-state index contributed by atoms with van der Waals surface area (Å²) >= 11 is 0. The van der Waals surface area contributed by atoms with Gasteiger partial charge in [0.2, 0.25) is 0 Å². The summed E-state index contributed by atoms with van der Waals surface area (Å²) in [5.74, 6) is 2.03. The number of carbonyl (C=O) groups excluding carboxylic acids is 1. The van der Waals surface area contributed by atoms with Crippen molar-refractivity contribution in [2.75, 3.05) is 38.9 Å². The first-order valence-electron chi connectivity index (χ1n) is 9.68. The van der Waals surface area contributed by atoms with E-state index in [0.29, 0.717) is 49.2 Å². The molecule has 0 saturated heterocycles. The number of ether oxygens (including phenoxy) is 4. The normalized spacial score (nSPS) is 10.3. The van der Waals surface area contributed by atoms with Crippen LogP contribution in [0.15, 0.2) is 78.9 Å². The largest absolute Gasteiger partial charge is 0.491 e. The van der Waals surface area contributed by atoms with Crippen molar-refractivity contribution in [1.29, 1.82) is 0 Å². The molecule has 3 rings (SSSR count). The highest BCUT2D eigenvalue weighted by Crippen LogP contribution is 2.18. The van der Waals surface area contributed by atoms with Crippen LogP contribution in [0.4, 0.5) is 5.69 Å². The van der Waals surface area contributed by atoms with Gasteiger partial charge in [0.05, 0.1) is 6.61 Å². The first-order chi connectivity index (χ1) is 14.7. The van der Waals surface area contributed by atoms with Gasteiger partial charge < -0.3 is 24.3 Å². The Morgan fingerprint density at radius 3 is 1.73 bits per heavy atom. The van der Waals surface area contributed by atoms with Crippen LogP contribution in [0.2, 0.25) is 0 Å². The van der Waals surface area contributed by atoms with Crippen LogP contribution in [0, 0.1) is 0 Å². The lowest BCUT2D eigenvalue weighted by atomic mass is 10.2. The number of hydrogen-bond donors (Lipinski definition) is 1. The van der Waals surface area contributed by atoms with Crippen LogP contribution in [-0.4, -0.2) is 39.4 Å². The second kappa shape index (κ2) is 11.5. The molecular formula is C24H25NO5. The second-order valence-electron chi connectivity index (χ2n) is 6.35. The number of rotatable bonds is 11. The Hall–Kier alpha value is -3.51. The second-order valence-corrected chi connectivity index (χ2v) is 6.35. The molecule has 0 radical (unpaired) electrons. The van der Waals surface area contributed by atoms with Crippen molar-refractivity contribution in [1.82, 2.24) is 0 Å². The summed E-state index contributed by atoms with van der Waals surface area (Å²) in [7, 11) is 1.62. The molecule has 30 heavy (non-hydrogen) atoms. The molecule has 3 aromatic carbocycles. The quantitative estimate of drug-likeness (QED) is 0.477. The Morgan fingerprint density at radius 2 is 1.17 bits per heavy atom. The van der Waals surface area contributed by atoms with Crippen molar-refractivity contribution in [2.45, 2.75) is 0 Å². The van der Waals surface area contributed by atoms with Gasteiger partial charge in [-0.15, -0.1) is 0 Å². The van der Waals surface area contributed by atoms with E-state index in [-0.39, 0.29) is 5.91 Å². The smallest absolute Gasteiger partial charge is 0.255 e. The van der Waals surface area contributed by atoms with Gasteiger partial charge in [-0.2, -0.15) is 0 Å². The zero-order chi connectivity index (χ0) is 21.0. The molecular weight excluding hydrogens is 382 g/mol. The van der Waals surface area contributed by atoms with Crippen LogP contribution in [-0.2, 0) is 4.74 Å². The average Bonchev–Trinajstić information content (AvgIpc) is 2.79. The van der Waals surface area contributed by atoms with E-state index in [2.05, 4.69) is 5.32 Å². The SMILES string of the molecule is COCCOc1ccc(C(=O)Nc2ccc(OCCOc3ccccc3)cc2)cc1. The van der Waals surface area contributed by atoms with Crippen LogP contribution in [0.3, 0.4) is 0 Å². The number of hydrogen-bond acceptors (Lipinski definition) is 5. The maximum atomic E-state index is 12.4. The van der Waals surface area contributed by atoms with Gasteiger partial charge in [-0.1, -0.05) is 18.2 Å². The standard InChI is InChI=1S/C24H25NO5/c1-27-15-16-28-22-11-7-19(8-12-22)24(26)25-20-9-13-23(14-10-20)30-18-17-29-21-5-3-2-4-6-21/h2-14H,15-18H2,1H3,(H,25,26). The van der Waals surface area contributed by atoms with Gasteiger partial charge in [-0.3, -0.25) is 4.79 Å². The molecule has 0 aliphatic heterocycles. The minimum atomic E-state index is -0.191. The Kier molecular flexibility index (Phi) is 8.12. The lowest BCUT2D eigenvalue weighted by molar-refractivity contribution is 0.102. The number of amides is 1. The van der Waals surface area contributed by atoms with Crippen molar-refractivity contribution in [3.63, 3.8) is 0 Å². The molecule has 0 atom stereocenters. The van der Waals surface area contributed by atoms with E-state index in [4.69, 9.17) is 18.9 Å². The summed E-state index contributed by atoms with van der Waals surface area (Å²) in [6.45, 7) is 1.87. The predicted octanol–water partition coefficient (Wildman–Crippen LogP) is 4.42. The summed E-state index contributed by atoms with van der Waals surface area (Å²) in [5, 5.41) is 2.87. The Bertz CT molecular complexity index is 895. The van der Waals surface area contributed by atoms with E-state index in [9.17, 15) is 4.79 Å². The van der Waals surface area contributed by atoms with E-state index < -0.39 is 0 Å². The summed E-state index contributed by atoms with van der Waals surface area (Å²) in [4.78, 5) is 12.4. The lowest BCUT2D eigenvalue weighted by Gasteiger charge is -2.10. The summed E-state index contributed by atoms with van der Waals surface area (Å²) in [5.41, 5.74) is 1.24. The molecule has 1 N–H and O–H groups in total. The fourth-order valence-corrected chi connectivity index (χ4v) is 2.62. The first-order valence-corrected chi connectivity index (χ1v) is 9.68. The molecule has 0 spiro atoms. The van der Waals surface area contributed by atoms with Gasteiger partial charge in [0, 0.05) is 18.4 Å². The van der Waals surface area contributed by atoms with E-state index in [0.717, 1.165) is 5.75 Å². The van der Waals surface area contributed by atoms with Crippen molar-refractivity contribution in [2.24, 2.45) is 0 Å². The highest BCUT2D eigenvalue weighted by molar-refractivity contribution is 6.04. The Balaban J connectivity index is 1.42. The maximum Gasteiger partial charge on any atom is 0.255 e. The monoisotopic (exact) mass is 407 g/mol. The topological polar surface area (TPSA) is 66.0 Å². The average molecular weight is 407 g/mol. The third-order valence-electron chi connectivity index (χ3n) is 4.15. The zero-order valence-electron chi connectivity index (χ0n) is 16.9. The van der Waals surface area contributed by atoms with Gasteiger partial charge in [0.15, 0.2) is 0 Å². The van der Waals surface area contributed by atoms with Crippen LogP contribution in [0.1, 0.15) is 10.4 Å². The van der Waals surface area contributed by atoms with Gasteiger partial charge in [0.25, 0.3) is 5.91 Å². The van der Waals surface area contributed by atoms with Crippen molar-refractivity contribution >= 4 is 11.6 Å². The van der Waals surface area contributed by atoms with E-state index in [1.54, 1.807) is 43.5 Å². The molecule has 1 amide bonds. The van der Waals surface area contributed by atoms with E-state index in [1.165, 1.54) is 0 Å². The molecule has 0 unspecified atom stereocenters. The molecule has 156 valence electrons. The summed E-state index contributed by atoms with van der Waals surface area (Å²) < 4.78 is 21.7. The first kappa shape index (κ1) is 21.2. The van der Waals surface area contributed by atoms with Gasteiger partial charge >= 0.3 is 0 Å². The molecule has 0 aromatic heterocycles. The molecule has 0 bridgehead atoms. The number of benzene rings is 3. The van der Waals surface area contributed by atoms with Crippen LogP contribution in [0.5, 0.6) is 17.2 Å². The van der Waals surface area contributed by atoms with Gasteiger partial charge in [-0.05, 0) is 60.7 Å². The molecule has 6 heteroatoms. The lowest BCUT2D eigenvalue weighted by Crippen LogP contribution is -2.12. The van der Waals surface area contributed by atoms with E-state index in [1.807, 2.05) is 42.5 Å². The van der Waals surface area contributed by atoms with Crippen molar-refractivity contribution in [3.8, 4) is 17.2 Å². The molecule has 6 nitrogen and oxygen atoms in total. The third-order valence-corrected chi connectivity index (χ3v) is 4.15. The summed E-state index contributed by atoms with van der Waals surface area (Å²) in [6, 6.07) is 23.8. The Labute approximate surface area is 176 Å². The molecule has 3 aromatic rings. The number of carbonyl (C=O) groups is 1.